The van der Waals surface area contributed by atoms with E-state index in [2.05, 4.69) is 15.7 Å². The number of nitrogens with one attached hydrogen (secondary N) is 1. The zero-order valence-electron chi connectivity index (χ0n) is 10.4. The molecule has 1 aliphatic carbocycles. The highest BCUT2D eigenvalue weighted by Crippen LogP contribution is 2.40. The van der Waals surface area contributed by atoms with Crippen LogP contribution >= 0.6 is 11.3 Å². The first-order chi connectivity index (χ1) is 7.94. The molecule has 1 amide bonds. The number of thiazole rings is 1. The number of hydrogen-bond acceptors (Lipinski definition) is 4. The summed E-state index contributed by atoms with van der Waals surface area (Å²) in [6, 6.07) is 0. The maximum Gasteiger partial charge on any atom is 0.408 e. The Hall–Kier alpha value is -1.10. The molecule has 94 valence electrons. The topological polar surface area (TPSA) is 51.2 Å². The van der Waals surface area contributed by atoms with Crippen molar-refractivity contribution in [2.75, 3.05) is 0 Å². The van der Waals surface area contributed by atoms with E-state index in [-0.39, 0.29) is 6.09 Å². The third-order valence-electron chi connectivity index (χ3n) is 2.35. The van der Waals surface area contributed by atoms with Crippen molar-refractivity contribution in [2.24, 2.45) is 0 Å². The lowest BCUT2D eigenvalue weighted by molar-refractivity contribution is 0.0523. The second-order valence-corrected chi connectivity index (χ2v) is 6.24. The van der Waals surface area contributed by atoms with Crippen molar-refractivity contribution >= 4 is 17.4 Å². The second-order valence-electron chi connectivity index (χ2n) is 5.30. The van der Waals surface area contributed by atoms with E-state index >= 15 is 0 Å². The Bertz CT molecular complexity index is 405. The Morgan fingerprint density at radius 2 is 2.29 bits per heavy atom. The highest BCUT2D eigenvalue weighted by molar-refractivity contribution is 7.09. The van der Waals surface area contributed by atoms with Gasteiger partial charge >= 0.3 is 6.09 Å². The van der Waals surface area contributed by atoms with Crippen LogP contribution in [-0.4, -0.2) is 16.7 Å². The average molecular weight is 254 g/mol. The molecule has 1 N–H and O–H groups in total. The molecule has 1 aliphatic rings. The Morgan fingerprint density at radius 1 is 1.59 bits per heavy atom. The van der Waals surface area contributed by atoms with E-state index < -0.39 is 5.60 Å². The van der Waals surface area contributed by atoms with E-state index in [1.165, 1.54) is 18.5 Å². The van der Waals surface area contributed by atoms with Crippen molar-refractivity contribution in [3.05, 3.63) is 16.1 Å². The summed E-state index contributed by atoms with van der Waals surface area (Å²) in [5.41, 5.74) is 0.725. The Labute approximate surface area is 105 Å². The standard InChI is InChI=1S/C12H18N2O2S/c1-12(2,3)16-11(15)13-6-10-14-9(7-17-10)8-4-5-8/h7-8H,4-6H2,1-3H3,(H,13,15). The van der Waals surface area contributed by atoms with Gasteiger partial charge in [-0.05, 0) is 33.6 Å². The molecule has 0 atom stereocenters. The maximum atomic E-state index is 11.4. The minimum atomic E-state index is -0.452. The van der Waals surface area contributed by atoms with Crippen LogP contribution in [0.15, 0.2) is 5.38 Å². The summed E-state index contributed by atoms with van der Waals surface area (Å²) < 4.78 is 5.15. The first kappa shape index (κ1) is 12.4. The second kappa shape index (κ2) is 4.64. The predicted molar refractivity (Wildman–Crippen MR) is 67.2 cm³/mol. The molecule has 1 aromatic rings. The van der Waals surface area contributed by atoms with Gasteiger partial charge in [0.25, 0.3) is 0 Å². The van der Waals surface area contributed by atoms with Crippen molar-refractivity contribution in [3.8, 4) is 0 Å². The summed E-state index contributed by atoms with van der Waals surface area (Å²) >= 11 is 1.60. The molecule has 0 aliphatic heterocycles. The fourth-order valence-electron chi connectivity index (χ4n) is 1.43. The molecule has 17 heavy (non-hydrogen) atoms. The molecule has 1 heterocycles. The lowest BCUT2D eigenvalue weighted by atomic mass is 10.2. The van der Waals surface area contributed by atoms with E-state index in [0.717, 1.165) is 5.01 Å². The van der Waals surface area contributed by atoms with Gasteiger partial charge in [-0.3, -0.25) is 0 Å². The molecule has 4 nitrogen and oxygen atoms in total. The van der Waals surface area contributed by atoms with Crippen LogP contribution in [0.2, 0.25) is 0 Å². The highest BCUT2D eigenvalue weighted by atomic mass is 32.1. The minimum Gasteiger partial charge on any atom is -0.444 e. The Morgan fingerprint density at radius 3 is 2.88 bits per heavy atom. The minimum absolute atomic E-state index is 0.388. The van der Waals surface area contributed by atoms with Crippen molar-refractivity contribution in [1.29, 1.82) is 0 Å². The molecule has 1 saturated carbocycles. The lowest BCUT2D eigenvalue weighted by Gasteiger charge is -2.19. The van der Waals surface area contributed by atoms with Crippen LogP contribution < -0.4 is 5.32 Å². The molecule has 2 rings (SSSR count). The van der Waals surface area contributed by atoms with Crippen molar-refractivity contribution in [2.45, 2.75) is 51.7 Å². The van der Waals surface area contributed by atoms with Gasteiger partial charge in [0.1, 0.15) is 10.6 Å². The summed E-state index contributed by atoms with van der Waals surface area (Å²) in [6.07, 6.45) is 2.12. The number of ether oxygens (including phenoxy) is 1. The molecular weight excluding hydrogens is 236 g/mol. The van der Waals surface area contributed by atoms with Gasteiger partial charge in [0, 0.05) is 11.3 Å². The van der Waals surface area contributed by atoms with E-state index in [0.29, 0.717) is 12.5 Å². The van der Waals surface area contributed by atoms with Crippen LogP contribution in [0.1, 0.15) is 50.2 Å². The zero-order valence-corrected chi connectivity index (χ0v) is 11.3. The summed E-state index contributed by atoms with van der Waals surface area (Å²) in [7, 11) is 0. The highest BCUT2D eigenvalue weighted by Gasteiger charge is 2.26. The number of carbonyl (C=O) groups excluding carboxylic acids is 1. The van der Waals surface area contributed by atoms with Crippen LogP contribution in [0.25, 0.3) is 0 Å². The number of alkyl carbamates (subject to hydrolysis) is 1. The van der Waals surface area contributed by atoms with Gasteiger partial charge in [-0.15, -0.1) is 11.3 Å². The normalized spacial score (nSPS) is 15.7. The molecule has 1 aromatic heterocycles. The van der Waals surface area contributed by atoms with Crippen LogP contribution in [0.4, 0.5) is 4.79 Å². The lowest BCUT2D eigenvalue weighted by Crippen LogP contribution is -2.32. The van der Waals surface area contributed by atoms with Crippen LogP contribution in [0, 0.1) is 0 Å². The first-order valence-electron chi connectivity index (χ1n) is 5.85. The maximum absolute atomic E-state index is 11.4. The number of aromatic nitrogens is 1. The average Bonchev–Trinajstić information content (AvgIpc) is 2.93. The molecule has 0 aromatic carbocycles. The molecule has 1 fully saturated rings. The van der Waals surface area contributed by atoms with Gasteiger partial charge in [0.15, 0.2) is 0 Å². The molecule has 0 radical (unpaired) electrons. The van der Waals surface area contributed by atoms with Crippen molar-refractivity contribution in [3.63, 3.8) is 0 Å². The summed E-state index contributed by atoms with van der Waals surface area (Å²) in [4.78, 5) is 15.9. The SMILES string of the molecule is CC(C)(C)OC(=O)NCc1nc(C2CC2)cs1. The van der Waals surface area contributed by atoms with Crippen molar-refractivity contribution < 1.29 is 9.53 Å². The Kier molecular flexibility index (Phi) is 3.38. The fourth-order valence-corrected chi connectivity index (χ4v) is 2.25. The Balaban J connectivity index is 1.78. The number of amides is 1. The molecule has 0 spiro atoms. The number of rotatable bonds is 3. The summed E-state index contributed by atoms with van der Waals surface area (Å²) in [5.74, 6) is 0.668. The fraction of sp³-hybridized carbons (Fsp3) is 0.667. The zero-order chi connectivity index (χ0) is 12.5. The number of hydrogen-bond donors (Lipinski definition) is 1. The third kappa shape index (κ3) is 4.00. The molecule has 0 saturated heterocycles. The largest absolute Gasteiger partial charge is 0.444 e. The van der Waals surface area contributed by atoms with Crippen LogP contribution in [0.5, 0.6) is 0 Å². The molecule has 0 unspecified atom stereocenters. The third-order valence-corrected chi connectivity index (χ3v) is 3.22. The summed E-state index contributed by atoms with van der Waals surface area (Å²) in [6.45, 7) is 6.00. The van der Waals surface area contributed by atoms with E-state index in [9.17, 15) is 4.79 Å². The summed E-state index contributed by atoms with van der Waals surface area (Å²) in [5, 5.41) is 5.74. The monoisotopic (exact) mass is 254 g/mol. The van der Waals surface area contributed by atoms with Gasteiger partial charge in [-0.2, -0.15) is 0 Å². The number of nitrogens with zero attached hydrogens (tertiary/aromatic N) is 1. The van der Waals surface area contributed by atoms with E-state index in [1.54, 1.807) is 11.3 Å². The van der Waals surface area contributed by atoms with Crippen LogP contribution in [0.3, 0.4) is 0 Å². The first-order valence-corrected chi connectivity index (χ1v) is 6.73. The quantitative estimate of drug-likeness (QED) is 0.902. The van der Waals surface area contributed by atoms with E-state index in [4.69, 9.17) is 4.74 Å². The van der Waals surface area contributed by atoms with Gasteiger partial charge in [0.05, 0.1) is 12.2 Å². The van der Waals surface area contributed by atoms with Crippen LogP contribution in [-0.2, 0) is 11.3 Å². The smallest absolute Gasteiger partial charge is 0.408 e. The molecular formula is C12H18N2O2S. The predicted octanol–water partition coefficient (Wildman–Crippen LogP) is 3.05. The van der Waals surface area contributed by atoms with E-state index in [1.807, 2.05) is 20.8 Å². The molecule has 0 bridgehead atoms. The van der Waals surface area contributed by atoms with Crippen molar-refractivity contribution in [1.82, 2.24) is 10.3 Å². The van der Waals surface area contributed by atoms with Gasteiger partial charge < -0.3 is 10.1 Å². The number of carbonyl (C=O) groups is 1. The van der Waals surface area contributed by atoms with Gasteiger partial charge in [-0.1, -0.05) is 0 Å². The molecule has 5 heteroatoms. The van der Waals surface area contributed by atoms with Gasteiger partial charge in [0.2, 0.25) is 0 Å². The van der Waals surface area contributed by atoms with Gasteiger partial charge in [-0.25, -0.2) is 9.78 Å².